The number of nitrogens with one attached hydrogen (secondary N) is 2. The summed E-state index contributed by atoms with van der Waals surface area (Å²) in [5.41, 5.74) is 2.65. The van der Waals surface area contributed by atoms with E-state index < -0.39 is 46.3 Å². The Hall–Kier alpha value is -3.21. The van der Waals surface area contributed by atoms with Gasteiger partial charge in [-0.05, 0) is 25.2 Å². The molecule has 32 heavy (non-hydrogen) atoms. The SMILES string of the molecule is CCC1CN(c2c(F)c(C3(N)CC3)c3c(=O)c(C(=O)O)c[nH]c3c2F)CC1NC(=O)OC. The standard InChI is InChI=1S/C21H24F2N4O5/c1-3-9-7-27(8-11(9)26-20(31)32-2)17-14(22)13(21(24)4-5-21)12-16(15(17)23)25-6-10(18(12)28)19(29)30/h6,9,11H,3-5,7-8,24H2,1-2H3,(H,25,28)(H,26,31)(H,29,30). The number of benzene rings is 1. The molecule has 2 heterocycles. The minimum atomic E-state index is -1.51. The smallest absolute Gasteiger partial charge is 0.407 e. The van der Waals surface area contributed by atoms with Gasteiger partial charge < -0.3 is 30.8 Å². The number of halogens is 2. The van der Waals surface area contributed by atoms with Gasteiger partial charge in [0.25, 0.3) is 0 Å². The summed E-state index contributed by atoms with van der Waals surface area (Å²) in [4.78, 5) is 40.0. The number of carbonyl (C=O) groups is 2. The fraction of sp³-hybridized carbons (Fsp3) is 0.476. The monoisotopic (exact) mass is 450 g/mol. The van der Waals surface area contributed by atoms with Crippen LogP contribution in [0.15, 0.2) is 11.0 Å². The fourth-order valence-corrected chi connectivity index (χ4v) is 4.51. The molecule has 0 radical (unpaired) electrons. The zero-order valence-electron chi connectivity index (χ0n) is 17.6. The van der Waals surface area contributed by atoms with Gasteiger partial charge >= 0.3 is 12.1 Å². The minimum Gasteiger partial charge on any atom is -0.477 e. The summed E-state index contributed by atoms with van der Waals surface area (Å²) in [6.07, 6.45) is 1.67. The molecule has 2 aliphatic rings. The van der Waals surface area contributed by atoms with Crippen LogP contribution in [0.1, 0.15) is 42.1 Å². The van der Waals surface area contributed by atoms with E-state index in [9.17, 15) is 19.5 Å². The highest BCUT2D eigenvalue weighted by Crippen LogP contribution is 2.49. The molecule has 1 aliphatic heterocycles. The largest absolute Gasteiger partial charge is 0.477 e. The first-order valence-corrected chi connectivity index (χ1v) is 10.3. The van der Waals surface area contributed by atoms with E-state index in [0.717, 1.165) is 6.20 Å². The molecule has 2 aromatic rings. The number of carboxylic acids is 1. The van der Waals surface area contributed by atoms with Crippen LogP contribution >= 0.6 is 0 Å². The molecular formula is C21H24F2N4O5. The van der Waals surface area contributed by atoms with Crippen molar-refractivity contribution in [2.45, 2.75) is 37.8 Å². The number of aromatic carboxylic acids is 1. The molecule has 9 nitrogen and oxygen atoms in total. The number of alkyl carbamates (subject to hydrolysis) is 1. The number of anilines is 1. The van der Waals surface area contributed by atoms with Gasteiger partial charge in [0.15, 0.2) is 11.6 Å². The lowest BCUT2D eigenvalue weighted by Crippen LogP contribution is -2.40. The minimum absolute atomic E-state index is 0.0896. The normalized spacial score (nSPS) is 21.6. The Labute approximate surface area is 181 Å². The Kier molecular flexibility index (Phi) is 5.32. The average Bonchev–Trinajstić information content (AvgIpc) is 3.36. The molecular weight excluding hydrogens is 426 g/mol. The second-order valence-electron chi connectivity index (χ2n) is 8.41. The van der Waals surface area contributed by atoms with Crippen molar-refractivity contribution in [2.24, 2.45) is 11.7 Å². The number of carboxylic acid groups (broad SMARTS) is 1. The number of aromatic nitrogens is 1. The highest BCUT2D eigenvalue weighted by atomic mass is 19.1. The first kappa shape index (κ1) is 22.0. The second-order valence-corrected chi connectivity index (χ2v) is 8.41. The number of carbonyl (C=O) groups excluding carboxylic acids is 1. The van der Waals surface area contributed by atoms with E-state index in [2.05, 4.69) is 15.0 Å². The quantitative estimate of drug-likeness (QED) is 0.547. The van der Waals surface area contributed by atoms with Crippen LogP contribution in [0.5, 0.6) is 0 Å². The van der Waals surface area contributed by atoms with Gasteiger partial charge in [-0.3, -0.25) is 4.79 Å². The van der Waals surface area contributed by atoms with Crippen LogP contribution in [0.25, 0.3) is 10.9 Å². The number of amides is 1. The van der Waals surface area contributed by atoms with Gasteiger partial charge in [0.2, 0.25) is 5.43 Å². The van der Waals surface area contributed by atoms with Crippen molar-refractivity contribution in [1.82, 2.24) is 10.3 Å². The molecule has 1 saturated carbocycles. The lowest BCUT2D eigenvalue weighted by atomic mass is 9.95. The molecule has 5 N–H and O–H groups in total. The predicted molar refractivity (Wildman–Crippen MR) is 112 cm³/mol. The van der Waals surface area contributed by atoms with Crippen LogP contribution in [0, 0.1) is 17.6 Å². The van der Waals surface area contributed by atoms with Crippen LogP contribution in [0.2, 0.25) is 0 Å². The summed E-state index contributed by atoms with van der Waals surface area (Å²) in [5.74, 6) is -3.58. The number of nitrogens with two attached hydrogens (primary N) is 1. The van der Waals surface area contributed by atoms with Crippen molar-refractivity contribution < 1.29 is 28.2 Å². The van der Waals surface area contributed by atoms with Gasteiger partial charge in [-0.15, -0.1) is 0 Å². The zero-order chi connectivity index (χ0) is 23.4. The van der Waals surface area contributed by atoms with E-state index in [1.165, 1.54) is 12.0 Å². The molecule has 0 bridgehead atoms. The van der Waals surface area contributed by atoms with Crippen LogP contribution in [0.4, 0.5) is 19.3 Å². The lowest BCUT2D eigenvalue weighted by molar-refractivity contribution is 0.0695. The molecule has 2 fully saturated rings. The zero-order valence-corrected chi connectivity index (χ0v) is 17.6. The maximum Gasteiger partial charge on any atom is 0.407 e. The van der Waals surface area contributed by atoms with E-state index in [0.29, 0.717) is 19.3 Å². The maximum atomic E-state index is 15.9. The van der Waals surface area contributed by atoms with E-state index in [-0.39, 0.29) is 41.2 Å². The number of pyridine rings is 1. The Balaban J connectivity index is 1.90. The lowest BCUT2D eigenvalue weighted by Gasteiger charge is -2.25. The molecule has 0 spiro atoms. The number of H-pyrrole nitrogens is 1. The summed E-state index contributed by atoms with van der Waals surface area (Å²) in [7, 11) is 1.23. The van der Waals surface area contributed by atoms with Gasteiger partial charge in [0.05, 0.1) is 24.1 Å². The van der Waals surface area contributed by atoms with Crippen molar-refractivity contribution in [3.05, 3.63) is 39.2 Å². The third-order valence-electron chi connectivity index (χ3n) is 6.47. The number of fused-ring (bicyclic) bond motifs is 1. The van der Waals surface area contributed by atoms with Crippen molar-refractivity contribution in [2.75, 3.05) is 25.1 Å². The first-order valence-electron chi connectivity index (χ1n) is 10.3. The summed E-state index contributed by atoms with van der Waals surface area (Å²) < 4.78 is 36.1. The Morgan fingerprint density at radius 1 is 1.34 bits per heavy atom. The van der Waals surface area contributed by atoms with Gasteiger partial charge in [0, 0.05) is 30.4 Å². The third-order valence-corrected chi connectivity index (χ3v) is 6.47. The van der Waals surface area contributed by atoms with Gasteiger partial charge in [-0.2, -0.15) is 0 Å². The van der Waals surface area contributed by atoms with E-state index in [1.807, 2.05) is 6.92 Å². The number of nitrogens with zero attached hydrogens (tertiary/aromatic N) is 1. The second kappa shape index (κ2) is 7.73. The molecule has 172 valence electrons. The highest BCUT2D eigenvalue weighted by Gasteiger charge is 2.47. The van der Waals surface area contributed by atoms with E-state index in [4.69, 9.17) is 5.73 Å². The molecule has 4 rings (SSSR count). The van der Waals surface area contributed by atoms with Crippen LogP contribution in [-0.2, 0) is 10.3 Å². The molecule has 11 heteroatoms. The highest BCUT2D eigenvalue weighted by molar-refractivity contribution is 5.95. The molecule has 2 unspecified atom stereocenters. The topological polar surface area (TPSA) is 138 Å². The summed E-state index contributed by atoms with van der Waals surface area (Å²) in [6.45, 7) is 2.29. The van der Waals surface area contributed by atoms with Crippen molar-refractivity contribution in [3.63, 3.8) is 0 Å². The van der Waals surface area contributed by atoms with Crippen LogP contribution in [-0.4, -0.2) is 48.4 Å². The number of aromatic amines is 1. The van der Waals surface area contributed by atoms with Gasteiger partial charge in [0.1, 0.15) is 11.3 Å². The molecule has 2 atom stereocenters. The van der Waals surface area contributed by atoms with Crippen molar-refractivity contribution in [1.29, 1.82) is 0 Å². The number of hydrogen-bond donors (Lipinski definition) is 4. The van der Waals surface area contributed by atoms with Gasteiger partial charge in [-0.25, -0.2) is 18.4 Å². The first-order chi connectivity index (χ1) is 15.1. The molecule has 1 saturated heterocycles. The van der Waals surface area contributed by atoms with Crippen molar-refractivity contribution in [3.8, 4) is 0 Å². The maximum absolute atomic E-state index is 15.9. The molecule has 1 aromatic carbocycles. The summed E-state index contributed by atoms with van der Waals surface area (Å²) >= 11 is 0. The molecule has 1 aromatic heterocycles. The summed E-state index contributed by atoms with van der Waals surface area (Å²) in [6, 6.07) is -0.397. The number of hydrogen-bond acceptors (Lipinski definition) is 6. The number of rotatable bonds is 5. The summed E-state index contributed by atoms with van der Waals surface area (Å²) in [5, 5.41) is 11.6. The molecule has 1 amide bonds. The number of methoxy groups -OCH3 is 1. The fourth-order valence-electron chi connectivity index (χ4n) is 4.51. The van der Waals surface area contributed by atoms with Gasteiger partial charge in [-0.1, -0.05) is 6.92 Å². The average molecular weight is 450 g/mol. The Morgan fingerprint density at radius 2 is 2.03 bits per heavy atom. The third kappa shape index (κ3) is 3.36. The number of ether oxygens (including phenoxy) is 1. The van der Waals surface area contributed by atoms with Crippen LogP contribution < -0.4 is 21.4 Å². The van der Waals surface area contributed by atoms with Crippen molar-refractivity contribution >= 4 is 28.7 Å². The molecule has 1 aliphatic carbocycles. The Bertz CT molecular complexity index is 1180. The predicted octanol–water partition coefficient (Wildman–Crippen LogP) is 2.02. The Morgan fingerprint density at radius 3 is 2.59 bits per heavy atom. The van der Waals surface area contributed by atoms with E-state index >= 15 is 8.78 Å². The van der Waals surface area contributed by atoms with Crippen LogP contribution in [0.3, 0.4) is 0 Å². The van der Waals surface area contributed by atoms with E-state index in [1.54, 1.807) is 0 Å².